The summed E-state index contributed by atoms with van der Waals surface area (Å²) in [6.45, 7) is 6.21. The van der Waals surface area contributed by atoms with E-state index in [2.05, 4.69) is 17.6 Å². The first-order valence-corrected chi connectivity index (χ1v) is 6.71. The molecule has 4 nitrogen and oxygen atoms in total. The molecule has 2 rings (SSSR count). The summed E-state index contributed by atoms with van der Waals surface area (Å²) in [5.41, 5.74) is 1.94. The Labute approximate surface area is 119 Å². The van der Waals surface area contributed by atoms with Crippen LogP contribution < -0.4 is 10.6 Å². The Morgan fingerprint density at radius 2 is 2.10 bits per heavy atom. The Kier molecular flexibility index (Phi) is 4.58. The quantitative estimate of drug-likeness (QED) is 0.877. The van der Waals surface area contributed by atoms with E-state index < -0.39 is 0 Å². The minimum absolute atomic E-state index is 0.0613. The van der Waals surface area contributed by atoms with Crippen molar-refractivity contribution < 1.29 is 9.21 Å². The van der Waals surface area contributed by atoms with Crippen molar-refractivity contribution in [1.82, 2.24) is 5.32 Å². The molecule has 0 aliphatic rings. The molecule has 4 heteroatoms. The van der Waals surface area contributed by atoms with Crippen LogP contribution in [0.3, 0.4) is 0 Å². The molecule has 2 N–H and O–H groups in total. The van der Waals surface area contributed by atoms with E-state index in [1.54, 1.807) is 0 Å². The van der Waals surface area contributed by atoms with E-state index in [9.17, 15) is 4.79 Å². The lowest BCUT2D eigenvalue weighted by Gasteiger charge is -2.14. The van der Waals surface area contributed by atoms with Crippen molar-refractivity contribution in [3.8, 4) is 0 Å². The second-order valence-electron chi connectivity index (χ2n) is 4.92. The summed E-state index contributed by atoms with van der Waals surface area (Å²) in [4.78, 5) is 11.1. The molecule has 0 fully saturated rings. The van der Waals surface area contributed by atoms with Crippen molar-refractivity contribution in [1.29, 1.82) is 0 Å². The van der Waals surface area contributed by atoms with Crippen LogP contribution in [0.2, 0.25) is 0 Å². The van der Waals surface area contributed by atoms with Crippen LogP contribution in [-0.4, -0.2) is 5.91 Å². The van der Waals surface area contributed by atoms with Crippen LogP contribution in [-0.2, 0) is 11.3 Å². The molecule has 1 amide bonds. The lowest BCUT2D eigenvalue weighted by Crippen LogP contribution is -2.18. The standard InChI is InChI=1S/C16H20N2O2/c1-11-7-8-16(20-11)10-17-12(2)14-5-4-6-15(9-14)18-13(3)19/h4-9,12,17H,10H2,1-3H3,(H,18,19)/t12-/m1/s1. The van der Waals surface area contributed by atoms with Gasteiger partial charge in [0, 0.05) is 18.7 Å². The smallest absolute Gasteiger partial charge is 0.221 e. The molecule has 0 unspecified atom stereocenters. The van der Waals surface area contributed by atoms with Gasteiger partial charge >= 0.3 is 0 Å². The van der Waals surface area contributed by atoms with Crippen molar-refractivity contribution >= 4 is 11.6 Å². The van der Waals surface area contributed by atoms with Gasteiger partial charge in [-0.05, 0) is 43.7 Å². The largest absolute Gasteiger partial charge is 0.465 e. The van der Waals surface area contributed by atoms with Gasteiger partial charge in [0.15, 0.2) is 0 Å². The van der Waals surface area contributed by atoms with E-state index in [0.29, 0.717) is 6.54 Å². The SMILES string of the molecule is CC(=O)Nc1cccc([C@@H](C)NCc2ccc(C)o2)c1. The van der Waals surface area contributed by atoms with Crippen LogP contribution in [0.1, 0.15) is 37.0 Å². The van der Waals surface area contributed by atoms with Crippen LogP contribution >= 0.6 is 0 Å². The maximum atomic E-state index is 11.1. The van der Waals surface area contributed by atoms with Gasteiger partial charge < -0.3 is 15.1 Å². The highest BCUT2D eigenvalue weighted by Gasteiger charge is 2.07. The highest BCUT2D eigenvalue weighted by Crippen LogP contribution is 2.18. The fourth-order valence-corrected chi connectivity index (χ4v) is 2.04. The number of furan rings is 1. The maximum absolute atomic E-state index is 11.1. The Morgan fingerprint density at radius 1 is 1.30 bits per heavy atom. The van der Waals surface area contributed by atoms with Gasteiger partial charge in [-0.3, -0.25) is 4.79 Å². The molecule has 1 heterocycles. The van der Waals surface area contributed by atoms with Crippen molar-refractivity contribution in [2.45, 2.75) is 33.4 Å². The van der Waals surface area contributed by atoms with Crippen molar-refractivity contribution in [2.24, 2.45) is 0 Å². The topological polar surface area (TPSA) is 54.3 Å². The molecule has 0 bridgehead atoms. The molecule has 0 saturated heterocycles. The van der Waals surface area contributed by atoms with Crippen LogP contribution in [0.4, 0.5) is 5.69 Å². The first-order valence-electron chi connectivity index (χ1n) is 6.71. The lowest BCUT2D eigenvalue weighted by molar-refractivity contribution is -0.114. The molecule has 0 spiro atoms. The Bertz CT molecular complexity index is 590. The summed E-state index contributed by atoms with van der Waals surface area (Å²) in [5.74, 6) is 1.78. The molecule has 1 atom stereocenters. The van der Waals surface area contributed by atoms with Crippen LogP contribution in [0.15, 0.2) is 40.8 Å². The van der Waals surface area contributed by atoms with Gasteiger partial charge in [0.2, 0.25) is 5.91 Å². The summed E-state index contributed by atoms with van der Waals surface area (Å²) in [7, 11) is 0. The number of carbonyl (C=O) groups is 1. The lowest BCUT2D eigenvalue weighted by atomic mass is 10.1. The van der Waals surface area contributed by atoms with E-state index in [4.69, 9.17) is 4.42 Å². The van der Waals surface area contributed by atoms with E-state index in [1.165, 1.54) is 6.92 Å². The molecule has 0 saturated carbocycles. The molecule has 106 valence electrons. The predicted octanol–water partition coefficient (Wildman–Crippen LogP) is 3.40. The van der Waals surface area contributed by atoms with Gasteiger partial charge in [-0.2, -0.15) is 0 Å². The monoisotopic (exact) mass is 272 g/mol. The van der Waals surface area contributed by atoms with E-state index in [-0.39, 0.29) is 11.9 Å². The molecular formula is C16H20N2O2. The average molecular weight is 272 g/mol. The third-order valence-electron chi connectivity index (χ3n) is 3.09. The zero-order chi connectivity index (χ0) is 14.5. The second-order valence-corrected chi connectivity index (χ2v) is 4.92. The second kappa shape index (κ2) is 6.39. The van der Waals surface area contributed by atoms with Crippen LogP contribution in [0.5, 0.6) is 0 Å². The van der Waals surface area contributed by atoms with Gasteiger partial charge in [0.25, 0.3) is 0 Å². The van der Waals surface area contributed by atoms with Gasteiger partial charge in [0.05, 0.1) is 6.54 Å². The Morgan fingerprint density at radius 3 is 2.75 bits per heavy atom. The molecule has 1 aromatic heterocycles. The number of benzene rings is 1. The minimum Gasteiger partial charge on any atom is -0.465 e. The molecule has 0 radical (unpaired) electrons. The number of rotatable bonds is 5. The third-order valence-corrected chi connectivity index (χ3v) is 3.09. The molecule has 2 aromatic rings. The number of anilines is 1. The zero-order valence-electron chi connectivity index (χ0n) is 12.1. The van der Waals surface area contributed by atoms with Crippen LogP contribution in [0, 0.1) is 6.92 Å². The van der Waals surface area contributed by atoms with Crippen molar-refractivity contribution in [3.63, 3.8) is 0 Å². The number of amides is 1. The van der Waals surface area contributed by atoms with Crippen molar-refractivity contribution in [2.75, 3.05) is 5.32 Å². The van der Waals surface area contributed by atoms with E-state index in [0.717, 1.165) is 22.8 Å². The van der Waals surface area contributed by atoms with E-state index in [1.807, 2.05) is 43.3 Å². The number of hydrogen-bond acceptors (Lipinski definition) is 3. The third kappa shape index (κ3) is 3.96. The number of hydrogen-bond donors (Lipinski definition) is 2. The summed E-state index contributed by atoms with van der Waals surface area (Å²) in [5, 5.41) is 6.19. The summed E-state index contributed by atoms with van der Waals surface area (Å²) >= 11 is 0. The molecule has 1 aromatic carbocycles. The molecule has 0 aliphatic heterocycles. The van der Waals surface area contributed by atoms with Gasteiger partial charge in [-0.25, -0.2) is 0 Å². The zero-order valence-corrected chi connectivity index (χ0v) is 12.1. The van der Waals surface area contributed by atoms with E-state index >= 15 is 0 Å². The first kappa shape index (κ1) is 14.3. The maximum Gasteiger partial charge on any atom is 0.221 e. The summed E-state index contributed by atoms with van der Waals surface area (Å²) in [6.07, 6.45) is 0. The van der Waals surface area contributed by atoms with Gasteiger partial charge in [-0.1, -0.05) is 12.1 Å². The summed E-state index contributed by atoms with van der Waals surface area (Å²) in [6, 6.07) is 11.9. The first-order chi connectivity index (χ1) is 9.54. The number of aryl methyl sites for hydroxylation is 1. The average Bonchev–Trinajstić information content (AvgIpc) is 2.81. The minimum atomic E-state index is -0.0613. The highest BCUT2D eigenvalue weighted by molar-refractivity contribution is 5.88. The Balaban J connectivity index is 1.97. The van der Waals surface area contributed by atoms with Crippen molar-refractivity contribution in [3.05, 3.63) is 53.5 Å². The van der Waals surface area contributed by atoms with Gasteiger partial charge in [0.1, 0.15) is 11.5 Å². The molecule has 20 heavy (non-hydrogen) atoms. The number of carbonyl (C=O) groups excluding carboxylic acids is 1. The number of nitrogens with one attached hydrogen (secondary N) is 2. The fourth-order valence-electron chi connectivity index (χ4n) is 2.04. The van der Waals surface area contributed by atoms with Crippen LogP contribution in [0.25, 0.3) is 0 Å². The molecule has 0 aliphatic carbocycles. The Hall–Kier alpha value is -2.07. The predicted molar refractivity (Wildman–Crippen MR) is 79.4 cm³/mol. The molecular weight excluding hydrogens is 252 g/mol. The fraction of sp³-hybridized carbons (Fsp3) is 0.312. The highest BCUT2D eigenvalue weighted by atomic mass is 16.3. The normalized spacial score (nSPS) is 12.2. The summed E-state index contributed by atoms with van der Waals surface area (Å²) < 4.78 is 5.53. The van der Waals surface area contributed by atoms with Gasteiger partial charge in [-0.15, -0.1) is 0 Å².